The molecule has 2 rings (SSSR count). The Balaban J connectivity index is 2.55. The second kappa shape index (κ2) is 4.90. The van der Waals surface area contributed by atoms with Crippen molar-refractivity contribution in [2.45, 2.75) is 40.2 Å². The van der Waals surface area contributed by atoms with Crippen molar-refractivity contribution < 1.29 is 0 Å². The van der Waals surface area contributed by atoms with Crippen molar-refractivity contribution in [1.29, 1.82) is 0 Å². The molecule has 2 aromatic rings. The van der Waals surface area contributed by atoms with E-state index in [1.54, 1.807) is 0 Å². The second-order valence-corrected chi connectivity index (χ2v) is 4.93. The summed E-state index contributed by atoms with van der Waals surface area (Å²) in [6.45, 7) is 8.79. The van der Waals surface area contributed by atoms with E-state index in [2.05, 4.69) is 36.9 Å². The average molecular weight is 244 g/mol. The Bertz CT molecular complexity index is 555. The number of hydrogen-bond acceptors (Lipinski definition) is 3. The Morgan fingerprint density at radius 1 is 1.33 bits per heavy atom. The van der Waals surface area contributed by atoms with Crippen molar-refractivity contribution in [3.63, 3.8) is 0 Å². The largest absolute Gasteiger partial charge is 0.326 e. The van der Waals surface area contributed by atoms with Gasteiger partial charge in [0, 0.05) is 24.0 Å². The molecule has 18 heavy (non-hydrogen) atoms. The molecule has 0 amide bonds. The maximum atomic E-state index is 5.82. The number of pyridine rings is 1. The standard InChI is InChI=1S/C14H20N4/c1-9(2)13-5-6-18(17-13)14-12(8-15)10(3)7-11(4)16-14/h5-7,9H,8,15H2,1-4H3. The molecular weight excluding hydrogens is 224 g/mol. The van der Waals surface area contributed by atoms with Crippen LogP contribution in [-0.2, 0) is 6.54 Å². The predicted molar refractivity (Wildman–Crippen MR) is 72.8 cm³/mol. The minimum atomic E-state index is 0.415. The molecule has 2 heterocycles. The molecule has 0 bridgehead atoms. The first-order chi connectivity index (χ1) is 8.52. The van der Waals surface area contributed by atoms with E-state index in [-0.39, 0.29) is 0 Å². The zero-order valence-electron chi connectivity index (χ0n) is 11.4. The van der Waals surface area contributed by atoms with Gasteiger partial charge in [0.05, 0.1) is 5.69 Å². The monoisotopic (exact) mass is 244 g/mol. The molecule has 2 aromatic heterocycles. The SMILES string of the molecule is Cc1cc(C)c(CN)c(-n2ccc(C(C)C)n2)n1. The van der Waals surface area contributed by atoms with Crippen LogP contribution in [0.1, 0.15) is 42.3 Å². The Kier molecular flexibility index (Phi) is 3.48. The highest BCUT2D eigenvalue weighted by Crippen LogP contribution is 2.19. The van der Waals surface area contributed by atoms with E-state index in [0.29, 0.717) is 12.5 Å². The molecule has 0 aliphatic rings. The van der Waals surface area contributed by atoms with E-state index in [1.165, 1.54) is 5.56 Å². The number of hydrogen-bond donors (Lipinski definition) is 1. The van der Waals surface area contributed by atoms with Crippen LogP contribution in [0.4, 0.5) is 0 Å². The van der Waals surface area contributed by atoms with Crippen LogP contribution in [0, 0.1) is 13.8 Å². The van der Waals surface area contributed by atoms with E-state index in [9.17, 15) is 0 Å². The molecule has 0 aromatic carbocycles. The number of aromatic nitrogens is 3. The smallest absolute Gasteiger partial charge is 0.158 e. The van der Waals surface area contributed by atoms with Gasteiger partial charge in [0.25, 0.3) is 0 Å². The van der Waals surface area contributed by atoms with Crippen LogP contribution < -0.4 is 5.73 Å². The van der Waals surface area contributed by atoms with Crippen LogP contribution in [0.2, 0.25) is 0 Å². The van der Waals surface area contributed by atoms with Crippen molar-refractivity contribution in [3.05, 3.63) is 40.8 Å². The van der Waals surface area contributed by atoms with Gasteiger partial charge in [-0.25, -0.2) is 9.67 Å². The molecule has 4 nitrogen and oxygen atoms in total. The summed E-state index contributed by atoms with van der Waals surface area (Å²) in [5.41, 5.74) is 10.1. The first kappa shape index (κ1) is 12.8. The third-order valence-corrected chi connectivity index (χ3v) is 3.08. The van der Waals surface area contributed by atoms with E-state index < -0.39 is 0 Å². The van der Waals surface area contributed by atoms with Gasteiger partial charge in [-0.2, -0.15) is 5.10 Å². The maximum Gasteiger partial charge on any atom is 0.158 e. The summed E-state index contributed by atoms with van der Waals surface area (Å²) in [7, 11) is 0. The average Bonchev–Trinajstić information content (AvgIpc) is 2.77. The minimum absolute atomic E-state index is 0.415. The summed E-state index contributed by atoms with van der Waals surface area (Å²) < 4.78 is 1.83. The summed E-state index contributed by atoms with van der Waals surface area (Å²) in [6, 6.07) is 4.09. The third kappa shape index (κ3) is 2.29. The lowest BCUT2D eigenvalue weighted by atomic mass is 10.1. The van der Waals surface area contributed by atoms with Gasteiger partial charge in [-0.05, 0) is 37.5 Å². The molecule has 96 valence electrons. The molecule has 4 heteroatoms. The third-order valence-electron chi connectivity index (χ3n) is 3.08. The molecule has 0 saturated carbocycles. The lowest BCUT2D eigenvalue weighted by molar-refractivity contribution is 0.747. The molecule has 2 N–H and O–H groups in total. The van der Waals surface area contributed by atoms with Gasteiger partial charge in [-0.15, -0.1) is 0 Å². The molecule has 0 atom stereocenters. The highest BCUT2D eigenvalue weighted by atomic mass is 15.3. The fourth-order valence-electron chi connectivity index (χ4n) is 2.05. The van der Waals surface area contributed by atoms with Crippen molar-refractivity contribution >= 4 is 0 Å². The van der Waals surface area contributed by atoms with Gasteiger partial charge in [-0.3, -0.25) is 0 Å². The molecule has 0 spiro atoms. The first-order valence-electron chi connectivity index (χ1n) is 6.26. The number of rotatable bonds is 3. The van der Waals surface area contributed by atoms with Gasteiger partial charge >= 0.3 is 0 Å². The highest BCUT2D eigenvalue weighted by Gasteiger charge is 2.11. The van der Waals surface area contributed by atoms with E-state index in [0.717, 1.165) is 22.8 Å². The number of nitrogens with zero attached hydrogens (tertiary/aromatic N) is 3. The zero-order valence-corrected chi connectivity index (χ0v) is 11.4. The fraction of sp³-hybridized carbons (Fsp3) is 0.429. The number of nitrogens with two attached hydrogens (primary N) is 1. The first-order valence-corrected chi connectivity index (χ1v) is 6.26. The van der Waals surface area contributed by atoms with E-state index >= 15 is 0 Å². The van der Waals surface area contributed by atoms with Crippen molar-refractivity contribution in [2.75, 3.05) is 0 Å². The van der Waals surface area contributed by atoms with E-state index in [1.807, 2.05) is 23.9 Å². The predicted octanol–water partition coefficient (Wildman–Crippen LogP) is 2.47. The Labute approximate surface area is 108 Å². The van der Waals surface area contributed by atoms with Crippen molar-refractivity contribution in [3.8, 4) is 5.82 Å². The zero-order chi connectivity index (χ0) is 13.3. The topological polar surface area (TPSA) is 56.7 Å². The molecule has 0 fully saturated rings. The number of aryl methyl sites for hydroxylation is 2. The van der Waals surface area contributed by atoms with Crippen molar-refractivity contribution in [2.24, 2.45) is 5.73 Å². The van der Waals surface area contributed by atoms with Gasteiger partial charge in [0.2, 0.25) is 0 Å². The van der Waals surface area contributed by atoms with Gasteiger partial charge in [-0.1, -0.05) is 13.8 Å². The normalized spacial score (nSPS) is 11.2. The fourth-order valence-corrected chi connectivity index (χ4v) is 2.05. The lowest BCUT2D eigenvalue weighted by Crippen LogP contribution is -2.10. The Morgan fingerprint density at radius 2 is 2.06 bits per heavy atom. The quantitative estimate of drug-likeness (QED) is 0.902. The Hall–Kier alpha value is -1.68. The highest BCUT2D eigenvalue weighted by molar-refractivity contribution is 5.40. The van der Waals surface area contributed by atoms with E-state index in [4.69, 9.17) is 5.73 Å². The van der Waals surface area contributed by atoms with Crippen LogP contribution >= 0.6 is 0 Å². The summed E-state index contributed by atoms with van der Waals surface area (Å²) in [4.78, 5) is 4.57. The molecular formula is C14H20N4. The summed E-state index contributed by atoms with van der Waals surface area (Å²) in [5.74, 6) is 1.26. The molecule has 0 radical (unpaired) electrons. The Morgan fingerprint density at radius 3 is 2.61 bits per heavy atom. The van der Waals surface area contributed by atoms with Crippen LogP contribution in [-0.4, -0.2) is 14.8 Å². The second-order valence-electron chi connectivity index (χ2n) is 4.93. The summed E-state index contributed by atoms with van der Waals surface area (Å²) in [5, 5.41) is 4.57. The maximum absolute atomic E-state index is 5.82. The van der Waals surface area contributed by atoms with Gasteiger partial charge in [0.15, 0.2) is 5.82 Å². The lowest BCUT2D eigenvalue weighted by Gasteiger charge is -2.11. The van der Waals surface area contributed by atoms with Gasteiger partial charge < -0.3 is 5.73 Å². The van der Waals surface area contributed by atoms with Crippen LogP contribution in [0.5, 0.6) is 0 Å². The molecule has 0 aliphatic heterocycles. The summed E-state index contributed by atoms with van der Waals surface area (Å²) in [6.07, 6.45) is 1.95. The van der Waals surface area contributed by atoms with Crippen LogP contribution in [0.25, 0.3) is 5.82 Å². The molecule has 0 unspecified atom stereocenters. The van der Waals surface area contributed by atoms with Crippen LogP contribution in [0.15, 0.2) is 18.3 Å². The van der Waals surface area contributed by atoms with Crippen molar-refractivity contribution in [1.82, 2.24) is 14.8 Å². The van der Waals surface area contributed by atoms with Crippen LogP contribution in [0.3, 0.4) is 0 Å². The van der Waals surface area contributed by atoms with Gasteiger partial charge in [0.1, 0.15) is 0 Å². The summed E-state index contributed by atoms with van der Waals surface area (Å²) >= 11 is 0. The molecule has 0 saturated heterocycles. The minimum Gasteiger partial charge on any atom is -0.326 e. The molecule has 0 aliphatic carbocycles.